The number of aliphatic hydroxyl groups is 1. The van der Waals surface area contributed by atoms with Gasteiger partial charge in [0.1, 0.15) is 5.15 Å². The van der Waals surface area contributed by atoms with Crippen LogP contribution in [0.15, 0.2) is 12.3 Å². The van der Waals surface area contributed by atoms with E-state index in [0.717, 1.165) is 12.1 Å². The minimum atomic E-state index is 0.116. The second kappa shape index (κ2) is 5.13. The van der Waals surface area contributed by atoms with Crippen molar-refractivity contribution in [3.63, 3.8) is 0 Å². The molecule has 1 aliphatic rings. The number of rotatable bonds is 3. The molecule has 1 atom stereocenters. The van der Waals surface area contributed by atoms with Crippen molar-refractivity contribution in [2.24, 2.45) is 0 Å². The van der Waals surface area contributed by atoms with Gasteiger partial charge in [-0.1, -0.05) is 11.6 Å². The van der Waals surface area contributed by atoms with Gasteiger partial charge in [0.25, 0.3) is 0 Å². The molecule has 1 fully saturated rings. The topological polar surface area (TPSA) is 36.4 Å². The number of likely N-dealkylation sites (tertiary alicyclic amines) is 1. The van der Waals surface area contributed by atoms with Crippen molar-refractivity contribution < 1.29 is 5.11 Å². The molecule has 0 radical (unpaired) electrons. The fraction of sp³-hybridized carbons (Fsp3) is 0.583. The van der Waals surface area contributed by atoms with Gasteiger partial charge < -0.3 is 5.11 Å². The molecule has 2 heterocycles. The first kappa shape index (κ1) is 11.8. The largest absolute Gasteiger partial charge is 0.396 e. The third-order valence-corrected chi connectivity index (χ3v) is 3.56. The van der Waals surface area contributed by atoms with Gasteiger partial charge >= 0.3 is 0 Å². The molecule has 0 bridgehead atoms. The van der Waals surface area contributed by atoms with Gasteiger partial charge in [0.05, 0.1) is 0 Å². The zero-order chi connectivity index (χ0) is 11.5. The molecule has 88 valence electrons. The van der Waals surface area contributed by atoms with Gasteiger partial charge in [-0.2, -0.15) is 0 Å². The average Bonchev–Trinajstić information content (AvgIpc) is 2.68. The fourth-order valence-electron chi connectivity index (χ4n) is 2.32. The standard InChI is InChI=1S/C12H17ClN2O/c1-15-5-2-3-11(15)10-7-9(4-6-16)12(13)14-8-10/h7-8,11,16H,2-6H2,1H3/t11-/m0/s1. The van der Waals surface area contributed by atoms with Gasteiger partial charge in [0.15, 0.2) is 0 Å². The second-order valence-electron chi connectivity index (χ2n) is 4.33. The molecule has 3 nitrogen and oxygen atoms in total. The summed E-state index contributed by atoms with van der Waals surface area (Å²) in [6.07, 6.45) is 4.85. The Morgan fingerprint density at radius 1 is 1.62 bits per heavy atom. The van der Waals surface area contributed by atoms with Gasteiger partial charge in [-0.3, -0.25) is 4.90 Å². The van der Waals surface area contributed by atoms with Crippen LogP contribution in [0.3, 0.4) is 0 Å². The number of hydrogen-bond donors (Lipinski definition) is 1. The number of aliphatic hydroxyl groups excluding tert-OH is 1. The van der Waals surface area contributed by atoms with Crippen molar-refractivity contribution >= 4 is 11.6 Å². The molecule has 4 heteroatoms. The Balaban J connectivity index is 2.24. The van der Waals surface area contributed by atoms with Gasteiger partial charge in [-0.15, -0.1) is 0 Å². The molecule has 0 aromatic carbocycles. The Morgan fingerprint density at radius 3 is 3.06 bits per heavy atom. The van der Waals surface area contributed by atoms with E-state index in [1.807, 2.05) is 6.20 Å². The van der Waals surface area contributed by atoms with Crippen LogP contribution in [0.4, 0.5) is 0 Å². The van der Waals surface area contributed by atoms with E-state index in [1.54, 1.807) is 0 Å². The molecule has 0 unspecified atom stereocenters. The second-order valence-corrected chi connectivity index (χ2v) is 4.69. The normalized spacial score (nSPS) is 21.6. The summed E-state index contributed by atoms with van der Waals surface area (Å²) >= 11 is 5.98. The Kier molecular flexibility index (Phi) is 3.79. The highest BCUT2D eigenvalue weighted by atomic mass is 35.5. The molecule has 1 saturated heterocycles. The minimum absolute atomic E-state index is 0.116. The van der Waals surface area contributed by atoms with E-state index >= 15 is 0 Å². The van der Waals surface area contributed by atoms with Gasteiger partial charge in [-0.05, 0) is 50.0 Å². The van der Waals surface area contributed by atoms with E-state index in [4.69, 9.17) is 16.7 Å². The summed E-state index contributed by atoms with van der Waals surface area (Å²) in [6, 6.07) is 2.54. The molecule has 16 heavy (non-hydrogen) atoms. The zero-order valence-electron chi connectivity index (χ0n) is 9.49. The molecular weight excluding hydrogens is 224 g/mol. The van der Waals surface area contributed by atoms with Crippen molar-refractivity contribution in [2.45, 2.75) is 25.3 Å². The monoisotopic (exact) mass is 240 g/mol. The van der Waals surface area contributed by atoms with Crippen LogP contribution in [0.5, 0.6) is 0 Å². The van der Waals surface area contributed by atoms with Gasteiger partial charge in [0, 0.05) is 18.8 Å². The highest BCUT2D eigenvalue weighted by molar-refractivity contribution is 6.30. The first-order valence-electron chi connectivity index (χ1n) is 5.68. The number of pyridine rings is 1. The summed E-state index contributed by atoms with van der Waals surface area (Å²) < 4.78 is 0. The summed E-state index contributed by atoms with van der Waals surface area (Å²) in [6.45, 7) is 1.26. The van der Waals surface area contributed by atoms with E-state index in [-0.39, 0.29) is 6.61 Å². The first-order valence-corrected chi connectivity index (χ1v) is 6.05. The van der Waals surface area contributed by atoms with Crippen LogP contribution >= 0.6 is 11.6 Å². The molecule has 0 spiro atoms. The number of hydrogen-bond acceptors (Lipinski definition) is 3. The third-order valence-electron chi connectivity index (χ3n) is 3.22. The number of aromatic nitrogens is 1. The Hall–Kier alpha value is -0.640. The van der Waals surface area contributed by atoms with Crippen LogP contribution in [0.2, 0.25) is 5.15 Å². The van der Waals surface area contributed by atoms with Crippen LogP contribution in [-0.4, -0.2) is 35.2 Å². The maximum atomic E-state index is 8.96. The van der Waals surface area contributed by atoms with Crippen molar-refractivity contribution in [3.05, 3.63) is 28.5 Å². The van der Waals surface area contributed by atoms with E-state index in [0.29, 0.717) is 17.6 Å². The van der Waals surface area contributed by atoms with Crippen molar-refractivity contribution in [1.29, 1.82) is 0 Å². The number of nitrogens with zero attached hydrogens (tertiary/aromatic N) is 2. The predicted octanol–water partition coefficient (Wildman–Crippen LogP) is 2.04. The fourth-order valence-corrected chi connectivity index (χ4v) is 2.52. The minimum Gasteiger partial charge on any atom is -0.396 e. The first-order chi connectivity index (χ1) is 7.72. The average molecular weight is 241 g/mol. The molecule has 1 aromatic heterocycles. The highest BCUT2D eigenvalue weighted by Crippen LogP contribution is 2.31. The maximum absolute atomic E-state index is 8.96. The lowest BCUT2D eigenvalue weighted by Crippen LogP contribution is -2.17. The molecular formula is C12H17ClN2O. The van der Waals surface area contributed by atoms with Crippen molar-refractivity contribution in [2.75, 3.05) is 20.2 Å². The van der Waals surface area contributed by atoms with Gasteiger partial charge in [0.2, 0.25) is 0 Å². The summed E-state index contributed by atoms with van der Waals surface area (Å²) in [4.78, 5) is 6.55. The molecule has 2 rings (SSSR count). The van der Waals surface area contributed by atoms with E-state index in [1.165, 1.54) is 18.4 Å². The molecule has 1 N–H and O–H groups in total. The number of halogens is 1. The molecule has 1 aromatic rings. The summed E-state index contributed by atoms with van der Waals surface area (Å²) in [5.74, 6) is 0. The summed E-state index contributed by atoms with van der Waals surface area (Å²) in [7, 11) is 2.14. The van der Waals surface area contributed by atoms with Crippen molar-refractivity contribution in [3.8, 4) is 0 Å². The van der Waals surface area contributed by atoms with Crippen molar-refractivity contribution in [1.82, 2.24) is 9.88 Å². The highest BCUT2D eigenvalue weighted by Gasteiger charge is 2.23. The lowest BCUT2D eigenvalue weighted by molar-refractivity contribution is 0.298. The van der Waals surface area contributed by atoms with E-state index in [2.05, 4.69) is 23.0 Å². The Morgan fingerprint density at radius 2 is 2.44 bits per heavy atom. The maximum Gasteiger partial charge on any atom is 0.132 e. The SMILES string of the molecule is CN1CCC[C@H]1c1cnc(Cl)c(CCO)c1. The van der Waals surface area contributed by atoms with Crippen LogP contribution in [-0.2, 0) is 6.42 Å². The van der Waals surface area contributed by atoms with Crippen LogP contribution in [0.1, 0.15) is 30.0 Å². The van der Waals surface area contributed by atoms with E-state index < -0.39 is 0 Å². The lowest BCUT2D eigenvalue weighted by atomic mass is 10.0. The van der Waals surface area contributed by atoms with Crippen LogP contribution < -0.4 is 0 Å². The summed E-state index contributed by atoms with van der Waals surface area (Å²) in [5.41, 5.74) is 2.16. The zero-order valence-corrected chi connectivity index (χ0v) is 10.2. The Labute approximate surface area is 101 Å². The quantitative estimate of drug-likeness (QED) is 0.822. The van der Waals surface area contributed by atoms with Gasteiger partial charge in [-0.25, -0.2) is 4.98 Å². The molecule has 0 amide bonds. The smallest absolute Gasteiger partial charge is 0.132 e. The Bertz CT molecular complexity index is 370. The molecule has 0 aliphatic carbocycles. The van der Waals surface area contributed by atoms with Crippen LogP contribution in [0.25, 0.3) is 0 Å². The molecule has 0 saturated carbocycles. The van der Waals surface area contributed by atoms with Crippen LogP contribution in [0, 0.1) is 0 Å². The summed E-state index contributed by atoms with van der Waals surface area (Å²) in [5, 5.41) is 9.47. The molecule has 1 aliphatic heterocycles. The third kappa shape index (κ3) is 2.37. The lowest BCUT2D eigenvalue weighted by Gasteiger charge is -2.20. The predicted molar refractivity (Wildman–Crippen MR) is 64.6 cm³/mol. The van der Waals surface area contributed by atoms with E-state index in [9.17, 15) is 0 Å².